The fraction of sp³-hybridized carbons (Fsp3) is 0.800. The van der Waals surface area contributed by atoms with Crippen LogP contribution in [0.1, 0.15) is 44.3 Å². The summed E-state index contributed by atoms with van der Waals surface area (Å²) in [7, 11) is 0. The standard InChI is InChI=1S/C10H18N6O/c11-10(4-2-1-3-5-10)6-9(17)12-7-8-13-15-16-14-8/h1-7,11H2,(H,12,17)(H,13,14,15,16). The number of rotatable bonds is 4. The molecule has 7 heteroatoms. The van der Waals surface area contributed by atoms with Crippen LogP contribution in [0.4, 0.5) is 0 Å². The van der Waals surface area contributed by atoms with Gasteiger partial charge in [0.25, 0.3) is 0 Å². The van der Waals surface area contributed by atoms with E-state index in [0.717, 1.165) is 25.7 Å². The Morgan fingerprint density at radius 3 is 2.82 bits per heavy atom. The number of carbonyl (C=O) groups is 1. The zero-order valence-electron chi connectivity index (χ0n) is 9.78. The number of amides is 1. The maximum absolute atomic E-state index is 11.7. The van der Waals surface area contributed by atoms with E-state index in [4.69, 9.17) is 5.73 Å². The van der Waals surface area contributed by atoms with Crippen LogP contribution in [0, 0.1) is 0 Å². The van der Waals surface area contributed by atoms with Crippen LogP contribution in [0.15, 0.2) is 0 Å². The van der Waals surface area contributed by atoms with E-state index in [0.29, 0.717) is 18.8 Å². The summed E-state index contributed by atoms with van der Waals surface area (Å²) in [6.07, 6.45) is 5.71. The number of nitrogens with one attached hydrogen (secondary N) is 2. The van der Waals surface area contributed by atoms with E-state index in [2.05, 4.69) is 25.9 Å². The second-order valence-corrected chi connectivity index (χ2v) is 4.70. The first-order chi connectivity index (χ1) is 8.18. The van der Waals surface area contributed by atoms with Gasteiger partial charge in [-0.3, -0.25) is 4.79 Å². The van der Waals surface area contributed by atoms with Crippen LogP contribution in [-0.4, -0.2) is 32.1 Å². The number of aromatic amines is 1. The molecule has 17 heavy (non-hydrogen) atoms. The summed E-state index contributed by atoms with van der Waals surface area (Å²) in [5, 5.41) is 16.0. The Balaban J connectivity index is 1.76. The van der Waals surface area contributed by atoms with Crippen molar-refractivity contribution < 1.29 is 4.79 Å². The Bertz CT molecular complexity index is 357. The number of hydrogen-bond donors (Lipinski definition) is 3. The molecule has 1 aromatic rings. The molecule has 1 saturated carbocycles. The number of aromatic nitrogens is 4. The first-order valence-corrected chi connectivity index (χ1v) is 5.96. The van der Waals surface area contributed by atoms with Gasteiger partial charge in [0.15, 0.2) is 5.82 Å². The third kappa shape index (κ3) is 3.48. The van der Waals surface area contributed by atoms with E-state index >= 15 is 0 Å². The van der Waals surface area contributed by atoms with Gasteiger partial charge in [0.2, 0.25) is 5.91 Å². The van der Waals surface area contributed by atoms with Crippen LogP contribution in [-0.2, 0) is 11.3 Å². The first-order valence-electron chi connectivity index (χ1n) is 5.96. The molecule has 1 amide bonds. The fourth-order valence-corrected chi connectivity index (χ4v) is 2.25. The molecule has 1 heterocycles. The highest BCUT2D eigenvalue weighted by atomic mass is 16.1. The molecular weight excluding hydrogens is 220 g/mol. The molecule has 0 unspecified atom stereocenters. The fourth-order valence-electron chi connectivity index (χ4n) is 2.25. The molecule has 1 aliphatic carbocycles. The number of nitrogens with two attached hydrogens (primary N) is 1. The van der Waals surface area contributed by atoms with Gasteiger partial charge in [-0.05, 0) is 12.8 Å². The molecule has 1 aliphatic rings. The van der Waals surface area contributed by atoms with E-state index < -0.39 is 0 Å². The highest BCUT2D eigenvalue weighted by Gasteiger charge is 2.29. The van der Waals surface area contributed by atoms with E-state index in [9.17, 15) is 4.79 Å². The van der Waals surface area contributed by atoms with E-state index in [1.54, 1.807) is 0 Å². The molecule has 0 atom stereocenters. The molecule has 94 valence electrons. The Hall–Kier alpha value is -1.50. The van der Waals surface area contributed by atoms with Crippen LogP contribution in [0.5, 0.6) is 0 Å². The molecule has 0 spiro atoms. The highest BCUT2D eigenvalue weighted by molar-refractivity contribution is 5.77. The molecule has 1 fully saturated rings. The van der Waals surface area contributed by atoms with Crippen molar-refractivity contribution in [1.82, 2.24) is 25.9 Å². The van der Waals surface area contributed by atoms with Crippen molar-refractivity contribution in [3.63, 3.8) is 0 Å². The Morgan fingerprint density at radius 1 is 1.41 bits per heavy atom. The molecule has 0 aliphatic heterocycles. The normalized spacial score (nSPS) is 18.9. The molecule has 0 radical (unpaired) electrons. The minimum Gasteiger partial charge on any atom is -0.349 e. The van der Waals surface area contributed by atoms with Gasteiger partial charge in [0.05, 0.1) is 6.54 Å². The first kappa shape index (κ1) is 12.0. The van der Waals surface area contributed by atoms with Crippen molar-refractivity contribution >= 4 is 5.91 Å². The average molecular weight is 238 g/mol. The summed E-state index contributed by atoms with van der Waals surface area (Å²) in [5.41, 5.74) is 5.88. The minimum atomic E-state index is -0.320. The summed E-state index contributed by atoms with van der Waals surface area (Å²) in [6, 6.07) is 0. The van der Waals surface area contributed by atoms with Crippen molar-refractivity contribution in [3.05, 3.63) is 5.82 Å². The summed E-state index contributed by atoms with van der Waals surface area (Å²) in [5.74, 6) is 0.437. The van der Waals surface area contributed by atoms with Gasteiger partial charge in [-0.25, -0.2) is 0 Å². The summed E-state index contributed by atoms with van der Waals surface area (Å²) in [6.45, 7) is 0.297. The predicted molar refractivity (Wildman–Crippen MR) is 60.6 cm³/mol. The maximum Gasteiger partial charge on any atom is 0.222 e. The van der Waals surface area contributed by atoms with Crippen LogP contribution in [0.3, 0.4) is 0 Å². The lowest BCUT2D eigenvalue weighted by Crippen LogP contribution is -2.45. The van der Waals surface area contributed by atoms with Crippen molar-refractivity contribution in [2.45, 2.75) is 50.6 Å². The van der Waals surface area contributed by atoms with E-state index in [1.807, 2.05) is 0 Å². The number of nitrogens with zero attached hydrogens (tertiary/aromatic N) is 3. The summed E-state index contributed by atoms with van der Waals surface area (Å²) in [4.78, 5) is 11.7. The zero-order valence-corrected chi connectivity index (χ0v) is 9.78. The second kappa shape index (κ2) is 5.22. The zero-order chi connectivity index (χ0) is 12.1. The summed E-state index contributed by atoms with van der Waals surface area (Å²) >= 11 is 0. The molecule has 0 bridgehead atoms. The van der Waals surface area contributed by atoms with Gasteiger partial charge in [-0.1, -0.05) is 24.5 Å². The van der Waals surface area contributed by atoms with Crippen LogP contribution < -0.4 is 11.1 Å². The monoisotopic (exact) mass is 238 g/mol. The van der Waals surface area contributed by atoms with Crippen LogP contribution in [0.2, 0.25) is 0 Å². The van der Waals surface area contributed by atoms with Crippen molar-refractivity contribution in [2.24, 2.45) is 5.73 Å². The lowest BCUT2D eigenvalue weighted by molar-refractivity contribution is -0.122. The molecule has 4 N–H and O–H groups in total. The largest absolute Gasteiger partial charge is 0.349 e. The maximum atomic E-state index is 11.7. The van der Waals surface area contributed by atoms with Crippen molar-refractivity contribution in [2.75, 3.05) is 0 Å². The Kier molecular flexibility index (Phi) is 3.68. The van der Waals surface area contributed by atoms with Gasteiger partial charge < -0.3 is 11.1 Å². The molecule has 2 rings (SSSR count). The number of H-pyrrole nitrogens is 1. The highest BCUT2D eigenvalue weighted by Crippen LogP contribution is 2.28. The van der Waals surface area contributed by atoms with Gasteiger partial charge in [-0.15, -0.1) is 10.2 Å². The SMILES string of the molecule is NC1(CC(=O)NCc2nn[nH]n2)CCCCC1. The van der Waals surface area contributed by atoms with Gasteiger partial charge in [0, 0.05) is 12.0 Å². The Labute approximate surface area is 99.5 Å². The minimum absolute atomic E-state index is 0.0424. The predicted octanol–water partition coefficient (Wildman–Crippen LogP) is -0.132. The lowest BCUT2D eigenvalue weighted by Gasteiger charge is -2.32. The van der Waals surface area contributed by atoms with Gasteiger partial charge in [-0.2, -0.15) is 5.21 Å². The van der Waals surface area contributed by atoms with Crippen LogP contribution in [0.25, 0.3) is 0 Å². The lowest BCUT2D eigenvalue weighted by atomic mass is 9.80. The summed E-state index contributed by atoms with van der Waals surface area (Å²) < 4.78 is 0. The van der Waals surface area contributed by atoms with E-state index in [-0.39, 0.29) is 11.4 Å². The molecule has 0 aromatic carbocycles. The molecule has 0 saturated heterocycles. The molecular formula is C10H18N6O. The van der Waals surface area contributed by atoms with Crippen molar-refractivity contribution in [1.29, 1.82) is 0 Å². The van der Waals surface area contributed by atoms with Crippen molar-refractivity contribution in [3.8, 4) is 0 Å². The molecule has 1 aromatic heterocycles. The smallest absolute Gasteiger partial charge is 0.222 e. The van der Waals surface area contributed by atoms with Gasteiger partial charge in [0.1, 0.15) is 0 Å². The molecule has 7 nitrogen and oxygen atoms in total. The van der Waals surface area contributed by atoms with E-state index in [1.165, 1.54) is 6.42 Å². The van der Waals surface area contributed by atoms with Crippen LogP contribution >= 0.6 is 0 Å². The number of tetrazole rings is 1. The second-order valence-electron chi connectivity index (χ2n) is 4.70. The quantitative estimate of drug-likeness (QED) is 0.676. The third-order valence-electron chi connectivity index (χ3n) is 3.19. The Morgan fingerprint density at radius 2 is 2.18 bits per heavy atom. The average Bonchev–Trinajstić information content (AvgIpc) is 2.79. The number of carbonyl (C=O) groups excluding carboxylic acids is 1. The third-order valence-corrected chi connectivity index (χ3v) is 3.19. The number of hydrogen-bond acceptors (Lipinski definition) is 5. The topological polar surface area (TPSA) is 110 Å². The van der Waals surface area contributed by atoms with Gasteiger partial charge >= 0.3 is 0 Å².